The van der Waals surface area contributed by atoms with E-state index in [0.29, 0.717) is 10.8 Å². The molecule has 2 N–H and O–H groups in total. The van der Waals surface area contributed by atoms with E-state index < -0.39 is 0 Å². The first-order valence-corrected chi connectivity index (χ1v) is 7.41. The predicted octanol–water partition coefficient (Wildman–Crippen LogP) is 3.27. The van der Waals surface area contributed by atoms with Gasteiger partial charge in [0.15, 0.2) is 5.11 Å². The highest BCUT2D eigenvalue weighted by atomic mass is 35.5. The molecule has 0 fully saturated rings. The van der Waals surface area contributed by atoms with Crippen LogP contribution in [0.5, 0.6) is 5.75 Å². The summed E-state index contributed by atoms with van der Waals surface area (Å²) in [6, 6.07) is 10.7. The van der Waals surface area contributed by atoms with Crippen molar-refractivity contribution in [3.63, 3.8) is 0 Å². The summed E-state index contributed by atoms with van der Waals surface area (Å²) in [5.74, 6) is 0.425. The molecular weight excluding hydrogens is 334 g/mol. The molecule has 5 nitrogen and oxygen atoms in total. The molecule has 1 aromatic heterocycles. The Labute approximate surface area is 144 Å². The van der Waals surface area contributed by atoms with Gasteiger partial charge in [0.05, 0.1) is 19.0 Å². The fraction of sp³-hybridized carbons (Fsp3) is 0.0625. The third kappa shape index (κ3) is 5.69. The molecule has 0 bridgehead atoms. The number of benzene rings is 1. The van der Waals surface area contributed by atoms with Crippen LogP contribution in [0.15, 0.2) is 48.7 Å². The predicted molar refractivity (Wildman–Crippen MR) is 95.6 cm³/mol. The van der Waals surface area contributed by atoms with Crippen molar-refractivity contribution in [1.29, 1.82) is 0 Å². The Kier molecular flexibility index (Phi) is 6.08. The highest BCUT2D eigenvalue weighted by molar-refractivity contribution is 7.80. The van der Waals surface area contributed by atoms with Crippen LogP contribution >= 0.6 is 23.8 Å². The lowest BCUT2D eigenvalue weighted by Crippen LogP contribution is -2.32. The van der Waals surface area contributed by atoms with E-state index in [1.165, 1.54) is 12.3 Å². The SMILES string of the molecule is COc1ccc(/C=C/C(=O)NC(=S)Nc2ccc(Cl)nc2)cc1. The molecule has 0 aliphatic rings. The Morgan fingerprint density at radius 3 is 2.61 bits per heavy atom. The second-order valence-electron chi connectivity index (χ2n) is 4.42. The van der Waals surface area contributed by atoms with E-state index in [4.69, 9.17) is 28.6 Å². The standard InChI is InChI=1S/C16H14ClN3O2S/c1-22-13-6-2-11(3-7-13)4-9-15(21)20-16(23)19-12-5-8-14(17)18-10-12/h2-10H,1H3,(H2,19,20,21,23)/b9-4+. The summed E-state index contributed by atoms with van der Waals surface area (Å²) in [6.45, 7) is 0. The van der Waals surface area contributed by atoms with Crippen LogP contribution in [0.25, 0.3) is 6.08 Å². The van der Waals surface area contributed by atoms with E-state index in [9.17, 15) is 4.79 Å². The molecule has 1 amide bonds. The van der Waals surface area contributed by atoms with Crippen LogP contribution in [0.1, 0.15) is 5.56 Å². The first kappa shape index (κ1) is 16.9. The van der Waals surface area contributed by atoms with Crippen molar-refractivity contribution in [2.45, 2.75) is 0 Å². The van der Waals surface area contributed by atoms with Crippen molar-refractivity contribution in [1.82, 2.24) is 10.3 Å². The number of carbonyl (C=O) groups excluding carboxylic acids is 1. The molecule has 0 unspecified atom stereocenters. The number of rotatable bonds is 4. The Bertz CT molecular complexity index is 715. The molecule has 0 saturated carbocycles. The van der Waals surface area contributed by atoms with Crippen molar-refractivity contribution in [3.05, 3.63) is 59.4 Å². The topological polar surface area (TPSA) is 63.2 Å². The van der Waals surface area contributed by atoms with Gasteiger partial charge < -0.3 is 10.1 Å². The van der Waals surface area contributed by atoms with E-state index >= 15 is 0 Å². The number of pyridine rings is 1. The number of ether oxygens (including phenoxy) is 1. The van der Waals surface area contributed by atoms with Gasteiger partial charge in [-0.15, -0.1) is 0 Å². The maximum absolute atomic E-state index is 11.8. The Morgan fingerprint density at radius 1 is 1.26 bits per heavy atom. The van der Waals surface area contributed by atoms with E-state index in [-0.39, 0.29) is 11.0 Å². The normalized spacial score (nSPS) is 10.3. The molecule has 118 valence electrons. The first-order valence-electron chi connectivity index (χ1n) is 6.62. The summed E-state index contributed by atoms with van der Waals surface area (Å²) in [5, 5.41) is 5.95. The first-order chi connectivity index (χ1) is 11.1. The number of thiocarbonyl (C=S) groups is 1. The summed E-state index contributed by atoms with van der Waals surface area (Å²) in [4.78, 5) is 15.7. The zero-order valence-corrected chi connectivity index (χ0v) is 13.8. The van der Waals surface area contributed by atoms with Crippen molar-refractivity contribution in [2.75, 3.05) is 12.4 Å². The number of hydrogen-bond donors (Lipinski definition) is 2. The molecule has 1 aromatic carbocycles. The van der Waals surface area contributed by atoms with Crippen LogP contribution < -0.4 is 15.4 Å². The molecule has 7 heteroatoms. The van der Waals surface area contributed by atoms with Gasteiger partial charge in [-0.25, -0.2) is 4.98 Å². The molecule has 0 radical (unpaired) electrons. The van der Waals surface area contributed by atoms with E-state index in [1.807, 2.05) is 24.3 Å². The molecule has 2 aromatic rings. The molecule has 0 aliphatic carbocycles. The molecular formula is C16H14ClN3O2S. The Hall–Kier alpha value is -2.44. The van der Waals surface area contributed by atoms with Gasteiger partial charge in [-0.3, -0.25) is 10.1 Å². The number of aromatic nitrogens is 1. The Balaban J connectivity index is 1.86. The fourth-order valence-electron chi connectivity index (χ4n) is 1.65. The number of carbonyl (C=O) groups is 1. The second-order valence-corrected chi connectivity index (χ2v) is 5.21. The van der Waals surface area contributed by atoms with Gasteiger partial charge in [-0.2, -0.15) is 0 Å². The molecule has 0 spiro atoms. The summed E-state index contributed by atoms with van der Waals surface area (Å²) in [6.07, 6.45) is 4.60. The minimum absolute atomic E-state index is 0.179. The lowest BCUT2D eigenvalue weighted by Gasteiger charge is -2.07. The number of anilines is 1. The molecule has 23 heavy (non-hydrogen) atoms. The lowest BCUT2D eigenvalue weighted by atomic mass is 10.2. The Morgan fingerprint density at radius 2 is 2.00 bits per heavy atom. The van der Waals surface area contributed by atoms with Crippen molar-refractivity contribution in [3.8, 4) is 5.75 Å². The van der Waals surface area contributed by atoms with E-state index in [0.717, 1.165) is 11.3 Å². The highest BCUT2D eigenvalue weighted by Crippen LogP contribution is 2.12. The summed E-state index contributed by atoms with van der Waals surface area (Å²) in [7, 11) is 1.60. The number of hydrogen-bond acceptors (Lipinski definition) is 4. The van der Waals surface area contributed by atoms with Crippen LogP contribution in [0, 0.1) is 0 Å². The summed E-state index contributed by atoms with van der Waals surface area (Å²) >= 11 is 10.7. The maximum Gasteiger partial charge on any atom is 0.250 e. The average Bonchev–Trinajstić information content (AvgIpc) is 2.55. The van der Waals surface area contributed by atoms with Gasteiger partial charge in [0.1, 0.15) is 10.9 Å². The number of amides is 1. The zero-order valence-electron chi connectivity index (χ0n) is 12.2. The van der Waals surface area contributed by atoms with E-state index in [1.54, 1.807) is 25.3 Å². The molecule has 1 heterocycles. The molecule has 0 atom stereocenters. The molecule has 0 aliphatic heterocycles. The van der Waals surface area contributed by atoms with Crippen LogP contribution in [0.3, 0.4) is 0 Å². The smallest absolute Gasteiger partial charge is 0.250 e. The third-order valence-corrected chi connectivity index (χ3v) is 3.19. The minimum Gasteiger partial charge on any atom is -0.497 e. The molecule has 0 saturated heterocycles. The van der Waals surface area contributed by atoms with Gasteiger partial charge in [0, 0.05) is 6.08 Å². The maximum atomic E-state index is 11.8. The highest BCUT2D eigenvalue weighted by Gasteiger charge is 2.02. The number of nitrogens with one attached hydrogen (secondary N) is 2. The van der Waals surface area contributed by atoms with Gasteiger partial charge in [0.2, 0.25) is 5.91 Å². The summed E-state index contributed by atoms with van der Waals surface area (Å²) in [5.41, 5.74) is 1.51. The zero-order chi connectivity index (χ0) is 16.7. The largest absolute Gasteiger partial charge is 0.497 e. The number of nitrogens with zero attached hydrogens (tertiary/aromatic N) is 1. The van der Waals surface area contributed by atoms with E-state index in [2.05, 4.69) is 15.6 Å². The van der Waals surface area contributed by atoms with Crippen molar-refractivity contribution < 1.29 is 9.53 Å². The lowest BCUT2D eigenvalue weighted by molar-refractivity contribution is -0.115. The van der Waals surface area contributed by atoms with Gasteiger partial charge in [0.25, 0.3) is 0 Å². The van der Waals surface area contributed by atoms with Gasteiger partial charge in [-0.05, 0) is 48.1 Å². The second kappa shape index (κ2) is 8.26. The van der Waals surface area contributed by atoms with Crippen LogP contribution in [0.4, 0.5) is 5.69 Å². The quantitative estimate of drug-likeness (QED) is 0.505. The number of methoxy groups -OCH3 is 1. The average molecular weight is 348 g/mol. The summed E-state index contributed by atoms with van der Waals surface area (Å²) < 4.78 is 5.07. The monoisotopic (exact) mass is 347 g/mol. The van der Waals surface area contributed by atoms with Crippen LogP contribution in [0.2, 0.25) is 5.15 Å². The van der Waals surface area contributed by atoms with Crippen LogP contribution in [-0.4, -0.2) is 23.1 Å². The molecule has 2 rings (SSSR count). The fourth-order valence-corrected chi connectivity index (χ4v) is 1.98. The van der Waals surface area contributed by atoms with Gasteiger partial charge in [-0.1, -0.05) is 23.7 Å². The third-order valence-electron chi connectivity index (χ3n) is 2.76. The van der Waals surface area contributed by atoms with Gasteiger partial charge >= 0.3 is 0 Å². The number of halogens is 1. The minimum atomic E-state index is -0.333. The van der Waals surface area contributed by atoms with Crippen molar-refractivity contribution >= 4 is 46.6 Å². The van der Waals surface area contributed by atoms with Crippen LogP contribution in [-0.2, 0) is 4.79 Å². The van der Waals surface area contributed by atoms with Crippen molar-refractivity contribution in [2.24, 2.45) is 0 Å².